The lowest BCUT2D eigenvalue weighted by atomic mass is 10.00. The van der Waals surface area contributed by atoms with Gasteiger partial charge in [0.15, 0.2) is 0 Å². The number of allylic oxidation sites excluding steroid dienone is 4. The summed E-state index contributed by atoms with van der Waals surface area (Å²) in [5, 5.41) is 2.82. The molecule has 11 heavy (non-hydrogen) atoms. The van der Waals surface area contributed by atoms with Crippen LogP contribution in [-0.4, -0.2) is 5.91 Å². The van der Waals surface area contributed by atoms with E-state index in [4.69, 9.17) is 0 Å². The van der Waals surface area contributed by atoms with Gasteiger partial charge in [0.25, 0.3) is 0 Å². The van der Waals surface area contributed by atoms with Crippen molar-refractivity contribution in [3.05, 3.63) is 35.6 Å². The minimum absolute atomic E-state index is 0.0929. The van der Waals surface area contributed by atoms with E-state index in [0.29, 0.717) is 6.42 Å². The molecule has 0 unspecified atom stereocenters. The van der Waals surface area contributed by atoms with Crippen LogP contribution in [0, 0.1) is 0 Å². The quantitative estimate of drug-likeness (QED) is 0.549. The number of hydrogen-bond donors (Lipinski definition) is 1. The molecule has 56 valence electrons. The van der Waals surface area contributed by atoms with E-state index in [2.05, 4.69) is 11.4 Å². The zero-order valence-corrected chi connectivity index (χ0v) is 6.13. The van der Waals surface area contributed by atoms with Crippen LogP contribution >= 0.6 is 0 Å². The third-order valence-electron chi connectivity index (χ3n) is 1.89. The molecular weight excluding hydrogens is 138 g/mol. The van der Waals surface area contributed by atoms with Gasteiger partial charge in [-0.2, -0.15) is 0 Å². The topological polar surface area (TPSA) is 29.1 Å². The van der Waals surface area contributed by atoms with Crippen molar-refractivity contribution in [1.82, 2.24) is 5.32 Å². The summed E-state index contributed by atoms with van der Waals surface area (Å²) in [6.07, 6.45) is 9.47. The van der Waals surface area contributed by atoms with Crippen LogP contribution in [-0.2, 0) is 4.79 Å². The van der Waals surface area contributed by atoms with Gasteiger partial charge in [-0.3, -0.25) is 4.79 Å². The van der Waals surface area contributed by atoms with Crippen molar-refractivity contribution in [2.75, 3.05) is 0 Å². The molecule has 1 heterocycles. The van der Waals surface area contributed by atoms with Gasteiger partial charge < -0.3 is 5.32 Å². The number of amides is 1. The highest BCUT2D eigenvalue weighted by Gasteiger charge is 2.14. The molecule has 1 aliphatic carbocycles. The fourth-order valence-electron chi connectivity index (χ4n) is 1.31. The smallest absolute Gasteiger partial charge is 0.228 e. The molecule has 1 aliphatic heterocycles. The first-order valence-electron chi connectivity index (χ1n) is 3.72. The molecule has 2 rings (SSSR count). The molecule has 0 fully saturated rings. The minimum atomic E-state index is 0.0929. The van der Waals surface area contributed by atoms with E-state index in [1.165, 1.54) is 5.57 Å². The summed E-state index contributed by atoms with van der Waals surface area (Å²) in [7, 11) is 0. The van der Waals surface area contributed by atoms with Gasteiger partial charge in [0.1, 0.15) is 0 Å². The Bertz CT molecular complexity index is 284. The standard InChI is InChI=1S/C9H9NO/c11-9-6-5-7-3-1-2-4-8(7)10-9/h1-2,4-5H,3,6H2,(H,10,11). The zero-order chi connectivity index (χ0) is 7.68. The first kappa shape index (κ1) is 6.40. The van der Waals surface area contributed by atoms with Crippen LogP contribution in [0.4, 0.5) is 0 Å². The van der Waals surface area contributed by atoms with Crippen LogP contribution in [0.15, 0.2) is 35.6 Å². The van der Waals surface area contributed by atoms with Crippen LogP contribution in [0.5, 0.6) is 0 Å². The Morgan fingerprint density at radius 1 is 1.36 bits per heavy atom. The maximum absolute atomic E-state index is 10.9. The monoisotopic (exact) mass is 147 g/mol. The summed E-state index contributed by atoms with van der Waals surface area (Å²) < 4.78 is 0. The van der Waals surface area contributed by atoms with E-state index < -0.39 is 0 Å². The summed E-state index contributed by atoms with van der Waals surface area (Å²) in [5.74, 6) is 0.0929. The predicted octanol–water partition coefficient (Wildman–Crippen LogP) is 1.28. The Morgan fingerprint density at radius 3 is 3.18 bits per heavy atom. The lowest BCUT2D eigenvalue weighted by molar-refractivity contribution is -0.119. The molecule has 1 N–H and O–H groups in total. The second-order valence-corrected chi connectivity index (χ2v) is 2.69. The van der Waals surface area contributed by atoms with Gasteiger partial charge in [-0.05, 0) is 18.1 Å². The van der Waals surface area contributed by atoms with Gasteiger partial charge in [0, 0.05) is 12.1 Å². The second-order valence-electron chi connectivity index (χ2n) is 2.69. The SMILES string of the molecule is O=C1CC=C2CC=CC=C2N1. The van der Waals surface area contributed by atoms with Crippen molar-refractivity contribution in [2.45, 2.75) is 12.8 Å². The van der Waals surface area contributed by atoms with Crippen molar-refractivity contribution in [3.8, 4) is 0 Å². The van der Waals surface area contributed by atoms with Gasteiger partial charge in [0.2, 0.25) is 5.91 Å². The Balaban J connectivity index is 2.35. The number of nitrogens with one attached hydrogen (secondary N) is 1. The van der Waals surface area contributed by atoms with E-state index in [-0.39, 0.29) is 5.91 Å². The number of hydrogen-bond acceptors (Lipinski definition) is 1. The van der Waals surface area contributed by atoms with E-state index in [0.717, 1.165) is 12.1 Å². The maximum Gasteiger partial charge on any atom is 0.228 e. The van der Waals surface area contributed by atoms with Gasteiger partial charge in [-0.1, -0.05) is 18.2 Å². The molecule has 0 radical (unpaired) electrons. The Kier molecular flexibility index (Phi) is 1.39. The molecule has 2 aliphatic rings. The first-order chi connectivity index (χ1) is 5.36. The molecule has 0 saturated heterocycles. The summed E-state index contributed by atoms with van der Waals surface area (Å²) in [4.78, 5) is 10.9. The lowest BCUT2D eigenvalue weighted by Gasteiger charge is -2.18. The summed E-state index contributed by atoms with van der Waals surface area (Å²) in [6.45, 7) is 0. The van der Waals surface area contributed by atoms with Gasteiger partial charge in [0.05, 0.1) is 0 Å². The van der Waals surface area contributed by atoms with Crippen LogP contribution < -0.4 is 5.32 Å². The normalized spacial score (nSPS) is 21.6. The predicted molar refractivity (Wildman–Crippen MR) is 42.7 cm³/mol. The first-order valence-corrected chi connectivity index (χ1v) is 3.72. The van der Waals surface area contributed by atoms with E-state index in [1.807, 2.05) is 18.2 Å². The average molecular weight is 147 g/mol. The highest BCUT2D eigenvalue weighted by molar-refractivity contribution is 5.82. The molecular formula is C9H9NO. The zero-order valence-electron chi connectivity index (χ0n) is 6.13. The number of fused-ring (bicyclic) bond motifs is 1. The molecule has 2 heteroatoms. The fraction of sp³-hybridized carbons (Fsp3) is 0.222. The molecule has 0 bridgehead atoms. The highest BCUT2D eigenvalue weighted by atomic mass is 16.1. The molecule has 0 aromatic carbocycles. The Hall–Kier alpha value is -1.31. The van der Waals surface area contributed by atoms with Crippen LogP contribution in [0.3, 0.4) is 0 Å². The molecule has 0 atom stereocenters. The molecule has 0 aromatic heterocycles. The highest BCUT2D eigenvalue weighted by Crippen LogP contribution is 2.20. The van der Waals surface area contributed by atoms with Gasteiger partial charge in [-0.25, -0.2) is 0 Å². The summed E-state index contributed by atoms with van der Waals surface area (Å²) >= 11 is 0. The van der Waals surface area contributed by atoms with Crippen molar-refractivity contribution in [3.63, 3.8) is 0 Å². The molecule has 0 saturated carbocycles. The van der Waals surface area contributed by atoms with Crippen LogP contribution in [0.25, 0.3) is 0 Å². The van der Waals surface area contributed by atoms with E-state index in [9.17, 15) is 4.79 Å². The van der Waals surface area contributed by atoms with Crippen molar-refractivity contribution in [1.29, 1.82) is 0 Å². The van der Waals surface area contributed by atoms with Crippen molar-refractivity contribution < 1.29 is 4.79 Å². The molecule has 0 aromatic rings. The number of rotatable bonds is 0. The summed E-state index contributed by atoms with van der Waals surface area (Å²) in [5.41, 5.74) is 2.22. The molecule has 0 spiro atoms. The summed E-state index contributed by atoms with van der Waals surface area (Å²) in [6, 6.07) is 0. The van der Waals surface area contributed by atoms with Crippen LogP contribution in [0.2, 0.25) is 0 Å². The molecule has 2 nitrogen and oxygen atoms in total. The van der Waals surface area contributed by atoms with E-state index >= 15 is 0 Å². The largest absolute Gasteiger partial charge is 0.326 e. The van der Waals surface area contributed by atoms with Crippen molar-refractivity contribution >= 4 is 5.91 Å². The number of carbonyl (C=O) groups is 1. The maximum atomic E-state index is 10.9. The third-order valence-corrected chi connectivity index (χ3v) is 1.89. The average Bonchev–Trinajstić information content (AvgIpc) is 2.04. The third kappa shape index (κ3) is 1.11. The second kappa shape index (κ2) is 2.38. The molecule has 1 amide bonds. The van der Waals surface area contributed by atoms with Crippen LogP contribution in [0.1, 0.15) is 12.8 Å². The van der Waals surface area contributed by atoms with Gasteiger partial charge in [-0.15, -0.1) is 0 Å². The van der Waals surface area contributed by atoms with E-state index in [1.54, 1.807) is 0 Å². The Labute approximate surface area is 65.3 Å². The number of carbonyl (C=O) groups excluding carboxylic acids is 1. The fourth-order valence-corrected chi connectivity index (χ4v) is 1.31. The lowest BCUT2D eigenvalue weighted by Crippen LogP contribution is -2.27. The minimum Gasteiger partial charge on any atom is -0.326 e. The van der Waals surface area contributed by atoms with Crippen molar-refractivity contribution in [2.24, 2.45) is 0 Å². The Morgan fingerprint density at radius 2 is 2.27 bits per heavy atom. The van der Waals surface area contributed by atoms with Gasteiger partial charge >= 0.3 is 0 Å².